The smallest absolute Gasteiger partial charge is 0.455 e. The van der Waals surface area contributed by atoms with Crippen molar-refractivity contribution in [2.75, 3.05) is 13.1 Å². The number of aromatic nitrogens is 1. The minimum absolute atomic E-state index is 0.0305. The maximum absolute atomic E-state index is 13.7. The Morgan fingerprint density at radius 1 is 1.10 bits per heavy atom. The Bertz CT molecular complexity index is 1290. The number of carbonyl (C=O) groups is 2. The van der Waals surface area contributed by atoms with Gasteiger partial charge in [-0.05, 0) is 69.1 Å². The molecule has 0 unspecified atom stereocenters. The van der Waals surface area contributed by atoms with Gasteiger partial charge in [-0.25, -0.2) is 9.78 Å². The lowest BCUT2D eigenvalue weighted by Crippen LogP contribution is -2.67. The van der Waals surface area contributed by atoms with Gasteiger partial charge in [-0.1, -0.05) is 55.0 Å². The third-order valence-corrected chi connectivity index (χ3v) is 8.31. The predicted molar refractivity (Wildman–Crippen MR) is 150 cm³/mol. The summed E-state index contributed by atoms with van der Waals surface area (Å²) in [4.78, 5) is 32.5. The number of hydrogen-bond acceptors (Lipinski definition) is 5. The zero-order valence-electron chi connectivity index (χ0n) is 24.1. The van der Waals surface area contributed by atoms with E-state index in [1.807, 2.05) is 43.3 Å². The number of carbonyl (C=O) groups excluding carboxylic acids is 2. The molecule has 1 spiro atoms. The van der Waals surface area contributed by atoms with E-state index in [0.717, 1.165) is 36.2 Å². The summed E-state index contributed by atoms with van der Waals surface area (Å²) < 4.78 is 46.4. The number of hydrogen-bond donors (Lipinski definition) is 0. The average molecular weight is 570 g/mol. The number of nitrogens with zero attached hydrogens (tertiary/aromatic N) is 3. The first-order valence-electron chi connectivity index (χ1n) is 14.3. The molecule has 0 radical (unpaired) electrons. The molecule has 1 saturated heterocycles. The van der Waals surface area contributed by atoms with Crippen LogP contribution in [0, 0.1) is 11.3 Å². The molecule has 6 nitrogen and oxygen atoms in total. The van der Waals surface area contributed by atoms with Crippen LogP contribution in [0.2, 0.25) is 0 Å². The quantitative estimate of drug-likeness (QED) is 0.351. The third-order valence-electron chi connectivity index (χ3n) is 8.31. The van der Waals surface area contributed by atoms with Gasteiger partial charge in [-0.15, -0.1) is 0 Å². The van der Waals surface area contributed by atoms with Gasteiger partial charge in [0.25, 0.3) is 0 Å². The van der Waals surface area contributed by atoms with E-state index in [-0.39, 0.29) is 23.1 Å². The maximum Gasteiger partial charge on any atom is 0.471 e. The summed E-state index contributed by atoms with van der Waals surface area (Å²) in [7, 11) is 0. The van der Waals surface area contributed by atoms with Crippen molar-refractivity contribution in [1.82, 2.24) is 14.8 Å². The Kier molecular flexibility index (Phi) is 7.78. The van der Waals surface area contributed by atoms with Gasteiger partial charge in [-0.2, -0.15) is 13.2 Å². The molecule has 0 bridgehead atoms. The number of halogens is 3. The summed E-state index contributed by atoms with van der Waals surface area (Å²) in [6, 6.07) is 12.5. The fourth-order valence-corrected chi connectivity index (χ4v) is 6.49. The third kappa shape index (κ3) is 6.66. The van der Waals surface area contributed by atoms with Gasteiger partial charge in [0.05, 0.1) is 0 Å². The number of likely N-dealkylation sites (tertiary alicyclic amines) is 1. The van der Waals surface area contributed by atoms with Crippen LogP contribution in [0.25, 0.3) is 6.08 Å². The highest BCUT2D eigenvalue weighted by molar-refractivity contribution is 5.87. The minimum atomic E-state index is -4.88. The zero-order valence-corrected chi connectivity index (χ0v) is 24.1. The molecule has 3 aliphatic rings. The number of benzene rings is 1. The number of amides is 1. The van der Waals surface area contributed by atoms with Crippen LogP contribution in [0.5, 0.6) is 0 Å². The van der Waals surface area contributed by atoms with Crippen LogP contribution in [0.15, 0.2) is 54.2 Å². The van der Waals surface area contributed by atoms with Crippen molar-refractivity contribution < 1.29 is 27.5 Å². The van der Waals surface area contributed by atoms with Gasteiger partial charge in [0, 0.05) is 43.8 Å². The summed E-state index contributed by atoms with van der Waals surface area (Å²) in [6.07, 6.45) is 1.34. The summed E-state index contributed by atoms with van der Waals surface area (Å²) in [6.45, 7) is 9.61. The average Bonchev–Trinajstić information content (AvgIpc) is 3.64. The van der Waals surface area contributed by atoms with Gasteiger partial charge in [0.1, 0.15) is 11.3 Å². The lowest BCUT2D eigenvalue weighted by molar-refractivity contribution is -0.197. The largest absolute Gasteiger partial charge is 0.471 e. The highest BCUT2D eigenvalue weighted by atomic mass is 19.4. The highest BCUT2D eigenvalue weighted by Crippen LogP contribution is 2.55. The van der Waals surface area contributed by atoms with Crippen LogP contribution in [-0.2, 0) is 16.1 Å². The first kappa shape index (κ1) is 29.3. The van der Waals surface area contributed by atoms with Crippen LogP contribution >= 0.6 is 0 Å². The summed E-state index contributed by atoms with van der Waals surface area (Å²) in [5.74, 6) is -2.20. The second kappa shape index (κ2) is 10.9. The summed E-state index contributed by atoms with van der Waals surface area (Å²) >= 11 is 0. The lowest BCUT2D eigenvalue weighted by atomic mass is 9.60. The van der Waals surface area contributed by atoms with Gasteiger partial charge < -0.3 is 9.64 Å². The predicted octanol–water partition coefficient (Wildman–Crippen LogP) is 6.27. The van der Waals surface area contributed by atoms with Crippen molar-refractivity contribution in [2.24, 2.45) is 11.3 Å². The Morgan fingerprint density at radius 2 is 1.78 bits per heavy atom. The molecule has 1 aromatic heterocycles. The normalized spacial score (nSPS) is 22.6. The van der Waals surface area contributed by atoms with Crippen molar-refractivity contribution in [3.05, 3.63) is 71.1 Å². The lowest BCUT2D eigenvalue weighted by Gasteiger charge is -2.61. The SMILES string of the molecule is CC/C(=C\c1ccccc1)[C@@H]1C[C@H]1N(C(=O)C(F)(F)F)C1CC2(C1)CN(Cc1ccc(C(=O)OC(C)(C)C)nc1)C2. The monoisotopic (exact) mass is 569 g/mol. The van der Waals surface area contributed by atoms with E-state index in [2.05, 4.69) is 16.0 Å². The van der Waals surface area contributed by atoms with Gasteiger partial charge >= 0.3 is 18.1 Å². The van der Waals surface area contributed by atoms with Crippen molar-refractivity contribution >= 4 is 18.0 Å². The van der Waals surface area contributed by atoms with E-state index in [4.69, 9.17) is 4.74 Å². The number of esters is 1. The minimum Gasteiger partial charge on any atom is -0.455 e. The molecule has 9 heteroatoms. The van der Waals surface area contributed by atoms with Gasteiger partial charge in [0.2, 0.25) is 0 Å². The number of rotatable bonds is 8. The van der Waals surface area contributed by atoms with Crippen molar-refractivity contribution in [3.8, 4) is 0 Å². The second-order valence-corrected chi connectivity index (χ2v) is 12.9. The van der Waals surface area contributed by atoms with Crippen molar-refractivity contribution in [1.29, 1.82) is 0 Å². The first-order chi connectivity index (χ1) is 19.3. The first-order valence-corrected chi connectivity index (χ1v) is 14.3. The van der Waals surface area contributed by atoms with Gasteiger partial charge in [0.15, 0.2) is 0 Å². The van der Waals surface area contributed by atoms with Crippen LogP contribution in [0.3, 0.4) is 0 Å². The molecule has 220 valence electrons. The van der Waals surface area contributed by atoms with E-state index in [9.17, 15) is 22.8 Å². The standard InChI is InChI=1S/C32H38F3N3O3/c1-5-23(13-21-9-7-6-8-10-21)25-14-27(25)38(29(40)32(33,34)35)24-15-31(16-24)19-37(20-31)18-22-11-12-26(36-17-22)28(39)41-30(2,3)4/h6-13,17,24-25,27H,5,14-16,18-20H2,1-4H3/b23-13+/t25-,27+/m0/s1. The molecule has 1 aliphatic heterocycles. The second-order valence-electron chi connectivity index (χ2n) is 12.9. The van der Waals surface area contributed by atoms with Crippen molar-refractivity contribution in [3.63, 3.8) is 0 Å². The molecule has 1 amide bonds. The molecule has 2 atom stereocenters. The molecule has 2 saturated carbocycles. The van der Waals surface area contributed by atoms with Crippen LogP contribution in [0.4, 0.5) is 13.2 Å². The molecule has 1 aromatic carbocycles. The summed E-state index contributed by atoms with van der Waals surface area (Å²) in [5.41, 5.74) is 2.68. The molecule has 41 heavy (non-hydrogen) atoms. The number of pyridine rings is 1. The summed E-state index contributed by atoms with van der Waals surface area (Å²) in [5, 5.41) is 0. The Hall–Kier alpha value is -3.20. The fraction of sp³-hybridized carbons (Fsp3) is 0.531. The molecule has 0 N–H and O–H groups in total. The Labute approximate surface area is 239 Å². The Balaban J connectivity index is 1.17. The topological polar surface area (TPSA) is 62.7 Å². The molecular formula is C32H38F3N3O3. The van der Waals surface area contributed by atoms with E-state index in [0.29, 0.717) is 25.8 Å². The molecule has 2 aliphatic carbocycles. The van der Waals surface area contributed by atoms with E-state index >= 15 is 0 Å². The fourth-order valence-electron chi connectivity index (χ4n) is 6.49. The molecular weight excluding hydrogens is 531 g/mol. The highest BCUT2D eigenvalue weighted by Gasteiger charge is 2.61. The number of ether oxygens (including phenoxy) is 1. The molecule has 2 heterocycles. The van der Waals surface area contributed by atoms with E-state index in [1.165, 1.54) is 4.90 Å². The molecule has 2 aromatic rings. The number of alkyl halides is 3. The maximum atomic E-state index is 13.7. The van der Waals surface area contributed by atoms with Crippen LogP contribution < -0.4 is 0 Å². The van der Waals surface area contributed by atoms with E-state index in [1.54, 1.807) is 33.0 Å². The van der Waals surface area contributed by atoms with Crippen LogP contribution in [0.1, 0.15) is 75.0 Å². The van der Waals surface area contributed by atoms with Gasteiger partial charge in [-0.3, -0.25) is 9.69 Å². The van der Waals surface area contributed by atoms with Crippen LogP contribution in [-0.4, -0.2) is 63.6 Å². The molecule has 3 fully saturated rings. The van der Waals surface area contributed by atoms with Crippen molar-refractivity contribution in [2.45, 2.75) is 83.8 Å². The molecule has 5 rings (SSSR count). The Morgan fingerprint density at radius 3 is 2.34 bits per heavy atom. The van der Waals surface area contributed by atoms with E-state index < -0.39 is 29.7 Å². The zero-order chi connectivity index (χ0) is 29.6.